The Balaban J connectivity index is 1.98. The first-order valence-corrected chi connectivity index (χ1v) is 8.08. The van der Waals surface area contributed by atoms with Gasteiger partial charge in [0.2, 0.25) is 0 Å². The summed E-state index contributed by atoms with van der Waals surface area (Å²) in [6, 6.07) is 14.1. The van der Waals surface area contributed by atoms with Gasteiger partial charge in [-0.1, -0.05) is 41.9 Å². The van der Waals surface area contributed by atoms with Crippen molar-refractivity contribution in [2.24, 2.45) is 0 Å². The highest BCUT2D eigenvalue weighted by Gasteiger charge is 2.31. The zero-order valence-corrected chi connectivity index (χ0v) is 15.1. The molecule has 0 aliphatic carbocycles. The number of amides is 1. The number of anilines is 1. The number of methoxy groups -OCH3 is 1. The molecule has 0 aliphatic heterocycles. The molecule has 0 aromatic heterocycles. The summed E-state index contributed by atoms with van der Waals surface area (Å²) in [6.07, 6.45) is 0. The molecule has 0 aliphatic rings. The zero-order valence-electron chi connectivity index (χ0n) is 14.3. The van der Waals surface area contributed by atoms with Gasteiger partial charge in [-0.2, -0.15) is 0 Å². The van der Waals surface area contributed by atoms with Crippen molar-refractivity contribution in [1.29, 1.82) is 0 Å². The van der Waals surface area contributed by atoms with Crippen molar-refractivity contribution in [3.8, 4) is 5.75 Å². The van der Waals surface area contributed by atoms with E-state index in [1.165, 1.54) is 7.11 Å². The SMILES string of the molecule is COc1ccc(Cl)cc1NC(=O)COC(=O)C(C)(C)c1ccccc1. The van der Waals surface area contributed by atoms with Crippen molar-refractivity contribution in [3.05, 3.63) is 59.1 Å². The molecular weight excluding hydrogens is 342 g/mol. The molecule has 5 nitrogen and oxygen atoms in total. The van der Waals surface area contributed by atoms with Gasteiger partial charge in [-0.15, -0.1) is 0 Å². The molecule has 132 valence electrons. The third-order valence-electron chi connectivity index (χ3n) is 3.78. The lowest BCUT2D eigenvalue weighted by molar-refractivity contribution is -0.152. The molecule has 6 heteroatoms. The minimum Gasteiger partial charge on any atom is -0.495 e. The van der Waals surface area contributed by atoms with Gasteiger partial charge in [-0.25, -0.2) is 0 Å². The second-order valence-electron chi connectivity index (χ2n) is 5.96. The lowest BCUT2D eigenvalue weighted by Gasteiger charge is -2.23. The molecule has 0 heterocycles. The van der Waals surface area contributed by atoms with Crippen LogP contribution in [0.25, 0.3) is 0 Å². The van der Waals surface area contributed by atoms with Crippen LogP contribution in [0.4, 0.5) is 5.69 Å². The predicted molar refractivity (Wildman–Crippen MR) is 97.1 cm³/mol. The van der Waals surface area contributed by atoms with Gasteiger partial charge in [-0.3, -0.25) is 9.59 Å². The topological polar surface area (TPSA) is 64.6 Å². The first-order valence-electron chi connectivity index (χ1n) is 7.70. The van der Waals surface area contributed by atoms with Gasteiger partial charge in [0, 0.05) is 5.02 Å². The van der Waals surface area contributed by atoms with E-state index in [0.29, 0.717) is 16.5 Å². The van der Waals surface area contributed by atoms with E-state index in [1.54, 1.807) is 32.0 Å². The summed E-state index contributed by atoms with van der Waals surface area (Å²) in [5.74, 6) is -0.488. The summed E-state index contributed by atoms with van der Waals surface area (Å²) in [4.78, 5) is 24.4. The summed E-state index contributed by atoms with van der Waals surface area (Å²) in [7, 11) is 1.49. The van der Waals surface area contributed by atoms with Crippen LogP contribution in [0.3, 0.4) is 0 Å². The van der Waals surface area contributed by atoms with Crippen molar-refractivity contribution in [3.63, 3.8) is 0 Å². The van der Waals surface area contributed by atoms with Crippen LogP contribution < -0.4 is 10.1 Å². The predicted octanol–water partition coefficient (Wildman–Crippen LogP) is 3.81. The standard InChI is InChI=1S/C19H20ClNO4/c1-19(2,13-7-5-4-6-8-13)18(23)25-12-17(22)21-15-11-14(20)9-10-16(15)24-3/h4-11H,12H2,1-3H3,(H,21,22). The van der Waals surface area contributed by atoms with E-state index in [1.807, 2.05) is 30.3 Å². The monoisotopic (exact) mass is 361 g/mol. The third kappa shape index (κ3) is 4.73. The molecule has 0 fully saturated rings. The van der Waals surface area contributed by atoms with Gasteiger partial charge >= 0.3 is 5.97 Å². The van der Waals surface area contributed by atoms with Crippen molar-refractivity contribution in [1.82, 2.24) is 0 Å². The molecule has 0 radical (unpaired) electrons. The maximum atomic E-state index is 12.4. The maximum Gasteiger partial charge on any atom is 0.316 e. The summed E-state index contributed by atoms with van der Waals surface area (Å²) in [6.45, 7) is 3.11. The minimum atomic E-state index is -0.852. The molecule has 2 aromatic carbocycles. The van der Waals surface area contributed by atoms with Crippen LogP contribution in [0.1, 0.15) is 19.4 Å². The third-order valence-corrected chi connectivity index (χ3v) is 4.01. The van der Waals surface area contributed by atoms with Gasteiger partial charge in [-0.05, 0) is 37.6 Å². The molecular formula is C19H20ClNO4. The average Bonchev–Trinajstić information content (AvgIpc) is 2.60. The van der Waals surface area contributed by atoms with Crippen LogP contribution in [0, 0.1) is 0 Å². The van der Waals surface area contributed by atoms with Crippen LogP contribution in [0.2, 0.25) is 5.02 Å². The molecule has 0 saturated carbocycles. The van der Waals surface area contributed by atoms with E-state index >= 15 is 0 Å². The highest BCUT2D eigenvalue weighted by molar-refractivity contribution is 6.31. The maximum absolute atomic E-state index is 12.4. The number of carbonyl (C=O) groups excluding carboxylic acids is 2. The lowest BCUT2D eigenvalue weighted by atomic mass is 9.85. The van der Waals surface area contributed by atoms with Crippen LogP contribution in [-0.2, 0) is 19.7 Å². The summed E-state index contributed by atoms with van der Waals surface area (Å²) in [5.41, 5.74) is 0.380. The highest BCUT2D eigenvalue weighted by Crippen LogP contribution is 2.28. The van der Waals surface area contributed by atoms with Crippen molar-refractivity contribution < 1.29 is 19.1 Å². The van der Waals surface area contributed by atoms with E-state index in [4.69, 9.17) is 21.1 Å². The molecule has 2 aromatic rings. The van der Waals surface area contributed by atoms with E-state index in [9.17, 15) is 9.59 Å². The summed E-state index contributed by atoms with van der Waals surface area (Å²) in [5, 5.41) is 3.08. The Hall–Kier alpha value is -2.53. The Kier molecular flexibility index (Phi) is 6.04. The first-order chi connectivity index (χ1) is 11.8. The first kappa shape index (κ1) is 18.8. The Morgan fingerprint density at radius 1 is 1.12 bits per heavy atom. The number of ether oxygens (including phenoxy) is 2. The second-order valence-corrected chi connectivity index (χ2v) is 6.40. The fourth-order valence-electron chi connectivity index (χ4n) is 2.25. The normalized spacial score (nSPS) is 10.9. The number of benzene rings is 2. The van der Waals surface area contributed by atoms with Crippen molar-refractivity contribution in [2.75, 3.05) is 19.0 Å². The Morgan fingerprint density at radius 3 is 2.44 bits per heavy atom. The number of nitrogens with one attached hydrogen (secondary N) is 1. The minimum absolute atomic E-state index is 0.398. The molecule has 0 unspecified atom stereocenters. The molecule has 1 N–H and O–H groups in total. The van der Waals surface area contributed by atoms with Crippen molar-refractivity contribution in [2.45, 2.75) is 19.3 Å². The molecule has 1 amide bonds. The number of rotatable bonds is 6. The number of halogens is 1. The van der Waals surface area contributed by atoms with E-state index in [-0.39, 0.29) is 0 Å². The van der Waals surface area contributed by atoms with Crippen LogP contribution in [0.5, 0.6) is 5.75 Å². The number of hydrogen-bond acceptors (Lipinski definition) is 4. The van der Waals surface area contributed by atoms with Gasteiger partial charge in [0.05, 0.1) is 18.2 Å². The smallest absolute Gasteiger partial charge is 0.316 e. The number of esters is 1. The van der Waals surface area contributed by atoms with Gasteiger partial charge < -0.3 is 14.8 Å². The average molecular weight is 362 g/mol. The van der Waals surface area contributed by atoms with E-state index in [2.05, 4.69) is 5.32 Å². The van der Waals surface area contributed by atoms with Crippen molar-refractivity contribution >= 4 is 29.2 Å². The van der Waals surface area contributed by atoms with Crippen LogP contribution >= 0.6 is 11.6 Å². The lowest BCUT2D eigenvalue weighted by Crippen LogP contribution is -2.33. The number of carbonyl (C=O) groups is 2. The van der Waals surface area contributed by atoms with Crippen LogP contribution in [-0.4, -0.2) is 25.6 Å². The zero-order chi connectivity index (χ0) is 18.4. The molecule has 0 spiro atoms. The molecule has 25 heavy (non-hydrogen) atoms. The van der Waals surface area contributed by atoms with Gasteiger partial charge in [0.25, 0.3) is 5.91 Å². The highest BCUT2D eigenvalue weighted by atomic mass is 35.5. The quantitative estimate of drug-likeness (QED) is 0.794. The van der Waals surface area contributed by atoms with E-state index in [0.717, 1.165) is 5.56 Å². The summed E-state index contributed by atoms with van der Waals surface area (Å²) >= 11 is 5.92. The number of hydrogen-bond donors (Lipinski definition) is 1. The fraction of sp³-hybridized carbons (Fsp3) is 0.263. The second kappa shape index (κ2) is 8.03. The molecule has 2 rings (SSSR count). The van der Waals surface area contributed by atoms with E-state index < -0.39 is 23.9 Å². The Labute approximate surface area is 151 Å². The fourth-order valence-corrected chi connectivity index (χ4v) is 2.42. The van der Waals surface area contributed by atoms with Crippen LogP contribution in [0.15, 0.2) is 48.5 Å². The Morgan fingerprint density at radius 2 is 1.80 bits per heavy atom. The molecule has 0 saturated heterocycles. The van der Waals surface area contributed by atoms with Gasteiger partial charge in [0.15, 0.2) is 6.61 Å². The Bertz CT molecular complexity index is 759. The largest absolute Gasteiger partial charge is 0.495 e. The molecule has 0 bridgehead atoms. The molecule has 0 atom stereocenters. The van der Waals surface area contributed by atoms with Gasteiger partial charge in [0.1, 0.15) is 5.75 Å². The summed E-state index contributed by atoms with van der Waals surface area (Å²) < 4.78 is 10.3.